The van der Waals surface area contributed by atoms with Crippen molar-refractivity contribution in [1.29, 1.82) is 0 Å². The van der Waals surface area contributed by atoms with Gasteiger partial charge in [-0.25, -0.2) is 0 Å². The Morgan fingerprint density at radius 1 is 1.38 bits per heavy atom. The Morgan fingerprint density at radius 3 is 2.38 bits per heavy atom. The minimum absolute atomic E-state index is 0.104. The summed E-state index contributed by atoms with van der Waals surface area (Å²) in [6, 6.07) is 0. The van der Waals surface area contributed by atoms with Crippen molar-refractivity contribution in [2.24, 2.45) is 11.3 Å². The Kier molecular flexibility index (Phi) is 4.42. The van der Waals surface area contributed by atoms with Gasteiger partial charge >= 0.3 is 0 Å². The van der Waals surface area contributed by atoms with E-state index < -0.39 is 0 Å². The van der Waals surface area contributed by atoms with Crippen LogP contribution in [0.25, 0.3) is 0 Å². The van der Waals surface area contributed by atoms with Crippen LogP contribution in [0.4, 0.5) is 0 Å². The van der Waals surface area contributed by atoms with Crippen molar-refractivity contribution in [3.63, 3.8) is 0 Å². The molecule has 1 aliphatic heterocycles. The van der Waals surface area contributed by atoms with Gasteiger partial charge in [0, 0.05) is 0 Å². The lowest BCUT2D eigenvalue weighted by Crippen LogP contribution is -2.33. The molecule has 16 heavy (non-hydrogen) atoms. The zero-order valence-corrected chi connectivity index (χ0v) is 11.9. The van der Waals surface area contributed by atoms with E-state index >= 15 is 0 Å². The molecule has 2 unspecified atom stereocenters. The first-order chi connectivity index (χ1) is 7.24. The molecule has 1 saturated heterocycles. The van der Waals surface area contributed by atoms with Crippen LogP contribution >= 0.6 is 0 Å². The quantitative estimate of drug-likeness (QED) is 0.796. The van der Waals surface area contributed by atoms with E-state index in [-0.39, 0.29) is 5.60 Å². The summed E-state index contributed by atoms with van der Waals surface area (Å²) in [5.41, 5.74) is 0.464. The number of rotatable bonds is 4. The van der Waals surface area contributed by atoms with Crippen molar-refractivity contribution in [2.75, 3.05) is 13.6 Å². The fraction of sp³-hybridized carbons (Fsp3) is 1.00. The fourth-order valence-corrected chi connectivity index (χ4v) is 2.55. The first kappa shape index (κ1) is 14.0. The molecule has 1 rings (SSSR count). The molecule has 0 bridgehead atoms. The van der Waals surface area contributed by atoms with E-state index in [1.807, 2.05) is 7.05 Å². The van der Waals surface area contributed by atoms with Crippen molar-refractivity contribution in [3.8, 4) is 0 Å². The first-order valence-electron chi connectivity index (χ1n) is 6.57. The molecule has 1 aliphatic rings. The molecule has 0 aliphatic carbocycles. The molecule has 2 atom stereocenters. The van der Waals surface area contributed by atoms with Crippen LogP contribution in [-0.2, 0) is 4.74 Å². The lowest BCUT2D eigenvalue weighted by atomic mass is 9.77. The molecule has 0 amide bonds. The van der Waals surface area contributed by atoms with E-state index in [0.29, 0.717) is 17.4 Å². The van der Waals surface area contributed by atoms with Crippen LogP contribution in [0.15, 0.2) is 0 Å². The zero-order chi connectivity index (χ0) is 12.4. The molecule has 0 aromatic carbocycles. The van der Waals surface area contributed by atoms with Gasteiger partial charge < -0.3 is 10.1 Å². The lowest BCUT2D eigenvalue weighted by molar-refractivity contribution is -0.0314. The largest absolute Gasteiger partial charge is 0.372 e. The molecule has 96 valence electrons. The average Bonchev–Trinajstić information content (AvgIpc) is 2.43. The Balaban J connectivity index is 2.50. The predicted molar refractivity (Wildman–Crippen MR) is 69.7 cm³/mol. The second kappa shape index (κ2) is 5.05. The molecule has 2 heteroatoms. The highest BCUT2D eigenvalue weighted by Crippen LogP contribution is 2.36. The van der Waals surface area contributed by atoms with Gasteiger partial charge in [-0.15, -0.1) is 0 Å². The number of hydrogen-bond donors (Lipinski definition) is 1. The molecule has 1 N–H and O–H groups in total. The minimum Gasteiger partial charge on any atom is -0.372 e. The first-order valence-corrected chi connectivity index (χ1v) is 6.57. The van der Waals surface area contributed by atoms with Gasteiger partial charge in [0.25, 0.3) is 0 Å². The molecule has 0 saturated carbocycles. The Labute approximate surface area is 101 Å². The highest BCUT2D eigenvalue weighted by atomic mass is 16.5. The van der Waals surface area contributed by atoms with Gasteiger partial charge in [0.05, 0.1) is 11.7 Å². The standard InChI is InChI=1S/C14H29NO/c1-13(2,3)11(10-15-6)9-12-7-8-14(4,5)16-12/h11-12,15H,7-10H2,1-6H3. The molecule has 2 nitrogen and oxygen atoms in total. The van der Waals surface area contributed by atoms with Crippen LogP contribution in [0.3, 0.4) is 0 Å². The van der Waals surface area contributed by atoms with Crippen molar-refractivity contribution in [3.05, 3.63) is 0 Å². The zero-order valence-electron chi connectivity index (χ0n) is 11.9. The summed E-state index contributed by atoms with van der Waals surface area (Å²) in [5, 5.41) is 3.31. The molecule has 1 heterocycles. The third-order valence-corrected chi connectivity index (χ3v) is 3.78. The maximum atomic E-state index is 6.09. The molecular weight excluding hydrogens is 198 g/mol. The minimum atomic E-state index is 0.104. The highest BCUT2D eigenvalue weighted by Gasteiger charge is 2.35. The molecule has 0 aromatic rings. The van der Waals surface area contributed by atoms with E-state index in [0.717, 1.165) is 6.54 Å². The van der Waals surface area contributed by atoms with Gasteiger partial charge in [-0.3, -0.25) is 0 Å². The Bertz CT molecular complexity index is 217. The highest BCUT2D eigenvalue weighted by molar-refractivity contribution is 4.85. The molecular formula is C14H29NO. The van der Waals surface area contributed by atoms with Gasteiger partial charge in [-0.1, -0.05) is 20.8 Å². The lowest BCUT2D eigenvalue weighted by Gasteiger charge is -2.33. The van der Waals surface area contributed by atoms with Gasteiger partial charge in [-0.2, -0.15) is 0 Å². The Morgan fingerprint density at radius 2 is 2.00 bits per heavy atom. The fourth-order valence-electron chi connectivity index (χ4n) is 2.55. The average molecular weight is 227 g/mol. The number of ether oxygens (including phenoxy) is 1. The summed E-state index contributed by atoms with van der Waals surface area (Å²) in [6.45, 7) is 12.5. The SMILES string of the molecule is CNCC(CC1CCC(C)(C)O1)C(C)(C)C. The second-order valence-corrected chi connectivity index (χ2v) is 6.89. The van der Waals surface area contributed by atoms with E-state index in [2.05, 4.69) is 39.9 Å². The molecule has 0 aromatic heterocycles. The van der Waals surface area contributed by atoms with Crippen LogP contribution in [0.1, 0.15) is 53.9 Å². The van der Waals surface area contributed by atoms with Gasteiger partial charge in [0.1, 0.15) is 0 Å². The van der Waals surface area contributed by atoms with E-state index in [1.54, 1.807) is 0 Å². The maximum Gasteiger partial charge on any atom is 0.0631 e. The van der Waals surface area contributed by atoms with Crippen LogP contribution in [0.5, 0.6) is 0 Å². The van der Waals surface area contributed by atoms with Gasteiger partial charge in [0.2, 0.25) is 0 Å². The van der Waals surface area contributed by atoms with Gasteiger partial charge in [0.15, 0.2) is 0 Å². The van der Waals surface area contributed by atoms with E-state index in [1.165, 1.54) is 19.3 Å². The van der Waals surface area contributed by atoms with E-state index in [4.69, 9.17) is 4.74 Å². The summed E-state index contributed by atoms with van der Waals surface area (Å²) in [4.78, 5) is 0. The van der Waals surface area contributed by atoms with Crippen molar-refractivity contribution in [2.45, 2.75) is 65.6 Å². The Hall–Kier alpha value is -0.0800. The number of hydrogen-bond acceptors (Lipinski definition) is 2. The topological polar surface area (TPSA) is 21.3 Å². The summed E-state index contributed by atoms with van der Waals surface area (Å²) in [5.74, 6) is 0.691. The molecule has 1 fully saturated rings. The third kappa shape index (κ3) is 4.06. The smallest absolute Gasteiger partial charge is 0.0631 e. The van der Waals surface area contributed by atoms with E-state index in [9.17, 15) is 0 Å². The number of nitrogens with one attached hydrogen (secondary N) is 1. The summed E-state index contributed by atoms with van der Waals surface area (Å²) in [7, 11) is 2.04. The maximum absolute atomic E-state index is 6.09. The van der Waals surface area contributed by atoms with Crippen LogP contribution in [0, 0.1) is 11.3 Å². The summed E-state index contributed by atoms with van der Waals surface area (Å²) in [6.07, 6.45) is 4.08. The van der Waals surface area contributed by atoms with Crippen molar-refractivity contribution >= 4 is 0 Å². The van der Waals surface area contributed by atoms with Gasteiger partial charge in [-0.05, 0) is 58.0 Å². The predicted octanol–water partition coefficient (Wildman–Crippen LogP) is 3.22. The third-order valence-electron chi connectivity index (χ3n) is 3.78. The van der Waals surface area contributed by atoms with Crippen molar-refractivity contribution in [1.82, 2.24) is 5.32 Å². The van der Waals surface area contributed by atoms with Crippen LogP contribution in [-0.4, -0.2) is 25.3 Å². The van der Waals surface area contributed by atoms with Crippen molar-refractivity contribution < 1.29 is 4.74 Å². The second-order valence-electron chi connectivity index (χ2n) is 6.89. The monoisotopic (exact) mass is 227 g/mol. The van der Waals surface area contributed by atoms with Crippen LogP contribution in [0.2, 0.25) is 0 Å². The summed E-state index contributed by atoms with van der Waals surface area (Å²) >= 11 is 0. The normalized spacial score (nSPS) is 27.0. The molecule has 0 radical (unpaired) electrons. The summed E-state index contributed by atoms with van der Waals surface area (Å²) < 4.78 is 6.09. The molecule has 0 spiro atoms. The van der Waals surface area contributed by atoms with Crippen LogP contribution < -0.4 is 5.32 Å².